The lowest BCUT2D eigenvalue weighted by molar-refractivity contribution is 0.189. The number of hydrogen-bond acceptors (Lipinski definition) is 2. The van der Waals surface area contributed by atoms with Gasteiger partial charge in [-0.1, -0.05) is 13.8 Å². The second-order valence-electron chi connectivity index (χ2n) is 5.89. The minimum atomic E-state index is -0.200. The highest BCUT2D eigenvalue weighted by molar-refractivity contribution is 5.76. The van der Waals surface area contributed by atoms with Gasteiger partial charge in [-0.15, -0.1) is 0 Å². The van der Waals surface area contributed by atoms with Crippen molar-refractivity contribution in [1.82, 2.24) is 9.80 Å². The first kappa shape index (κ1) is 13.3. The molecule has 1 saturated heterocycles. The van der Waals surface area contributed by atoms with Crippen LogP contribution in [0.1, 0.15) is 34.1 Å². The Balaban J connectivity index is 2.55. The summed E-state index contributed by atoms with van der Waals surface area (Å²) < 4.78 is 0. The Morgan fingerprint density at radius 3 is 2.44 bits per heavy atom. The number of carbonyl (C=O) groups is 1. The molecule has 0 aromatic carbocycles. The van der Waals surface area contributed by atoms with Gasteiger partial charge in [-0.2, -0.15) is 0 Å². The molecule has 94 valence electrons. The number of likely N-dealkylation sites (N-methyl/N-ethyl adjacent to an activating group) is 1. The van der Waals surface area contributed by atoms with Crippen LogP contribution in [0.2, 0.25) is 0 Å². The lowest BCUT2D eigenvalue weighted by atomic mass is 10.0. The first-order valence-electron chi connectivity index (χ1n) is 6.03. The highest BCUT2D eigenvalue weighted by Crippen LogP contribution is 2.21. The molecule has 0 bridgehead atoms. The van der Waals surface area contributed by atoms with Crippen LogP contribution in [0.15, 0.2) is 0 Å². The van der Waals surface area contributed by atoms with Gasteiger partial charge in [-0.05, 0) is 26.2 Å². The third kappa shape index (κ3) is 3.11. The summed E-state index contributed by atoms with van der Waals surface area (Å²) in [6.45, 7) is 9.91. The minimum Gasteiger partial charge on any atom is -0.325 e. The quantitative estimate of drug-likeness (QED) is 0.791. The van der Waals surface area contributed by atoms with Gasteiger partial charge in [-0.25, -0.2) is 4.79 Å². The van der Waals surface area contributed by atoms with Crippen molar-refractivity contribution < 1.29 is 4.79 Å². The molecule has 2 amide bonds. The van der Waals surface area contributed by atoms with E-state index in [1.165, 1.54) is 0 Å². The zero-order valence-electron chi connectivity index (χ0n) is 11.2. The molecule has 1 aliphatic heterocycles. The predicted molar refractivity (Wildman–Crippen MR) is 66.2 cm³/mol. The zero-order valence-corrected chi connectivity index (χ0v) is 11.2. The molecule has 0 spiro atoms. The second-order valence-corrected chi connectivity index (χ2v) is 5.89. The zero-order chi connectivity index (χ0) is 12.5. The van der Waals surface area contributed by atoms with Gasteiger partial charge in [0.15, 0.2) is 0 Å². The number of nitrogens with two attached hydrogens (primary N) is 1. The van der Waals surface area contributed by atoms with E-state index in [1.807, 2.05) is 30.7 Å². The first-order valence-corrected chi connectivity index (χ1v) is 6.03. The van der Waals surface area contributed by atoms with Crippen molar-refractivity contribution in [3.8, 4) is 0 Å². The van der Waals surface area contributed by atoms with E-state index in [4.69, 9.17) is 5.73 Å². The van der Waals surface area contributed by atoms with E-state index in [0.717, 1.165) is 19.5 Å². The molecular weight excluding hydrogens is 202 g/mol. The van der Waals surface area contributed by atoms with Crippen LogP contribution in [-0.2, 0) is 0 Å². The van der Waals surface area contributed by atoms with Crippen molar-refractivity contribution in [2.75, 3.05) is 20.1 Å². The Kier molecular flexibility index (Phi) is 3.84. The van der Waals surface area contributed by atoms with E-state index in [9.17, 15) is 4.79 Å². The molecule has 16 heavy (non-hydrogen) atoms. The Morgan fingerprint density at radius 1 is 1.50 bits per heavy atom. The third-order valence-electron chi connectivity index (χ3n) is 3.27. The predicted octanol–water partition coefficient (Wildman–Crippen LogP) is 1.51. The van der Waals surface area contributed by atoms with E-state index in [-0.39, 0.29) is 11.6 Å². The molecule has 1 fully saturated rings. The van der Waals surface area contributed by atoms with Crippen LogP contribution in [0.5, 0.6) is 0 Å². The van der Waals surface area contributed by atoms with Gasteiger partial charge in [0.25, 0.3) is 0 Å². The van der Waals surface area contributed by atoms with Gasteiger partial charge in [0, 0.05) is 25.7 Å². The van der Waals surface area contributed by atoms with Gasteiger partial charge >= 0.3 is 6.03 Å². The number of amides is 2. The van der Waals surface area contributed by atoms with E-state index < -0.39 is 0 Å². The van der Waals surface area contributed by atoms with Gasteiger partial charge in [0.1, 0.15) is 0 Å². The summed E-state index contributed by atoms with van der Waals surface area (Å²) in [5.41, 5.74) is 5.74. The van der Waals surface area contributed by atoms with Crippen molar-refractivity contribution >= 4 is 6.03 Å². The van der Waals surface area contributed by atoms with Crippen LogP contribution >= 0.6 is 0 Å². The number of hydrogen-bond donors (Lipinski definition) is 1. The molecule has 0 aliphatic carbocycles. The molecule has 0 saturated carbocycles. The van der Waals surface area contributed by atoms with Crippen LogP contribution in [0.3, 0.4) is 0 Å². The highest BCUT2D eigenvalue weighted by atomic mass is 16.2. The SMILES string of the molecule is CC(C)C1CN(CCC(C)(C)N)C(=O)N1C. The fourth-order valence-electron chi connectivity index (χ4n) is 2.06. The molecule has 1 atom stereocenters. The molecule has 0 aromatic rings. The first-order chi connectivity index (χ1) is 7.22. The molecule has 1 unspecified atom stereocenters. The molecule has 0 aromatic heterocycles. The van der Waals surface area contributed by atoms with E-state index in [1.54, 1.807) is 0 Å². The maximum Gasteiger partial charge on any atom is 0.320 e. The summed E-state index contributed by atoms with van der Waals surface area (Å²) >= 11 is 0. The number of nitrogens with zero attached hydrogens (tertiary/aromatic N) is 2. The van der Waals surface area contributed by atoms with Crippen LogP contribution in [-0.4, -0.2) is 47.5 Å². The molecular formula is C12H25N3O. The van der Waals surface area contributed by atoms with Crippen LogP contribution in [0.4, 0.5) is 4.79 Å². The number of urea groups is 1. The standard InChI is InChI=1S/C12H25N3O/c1-9(2)10-8-15(11(16)14(10)5)7-6-12(3,4)13/h9-10H,6-8,13H2,1-5H3. The Hall–Kier alpha value is -0.770. The summed E-state index contributed by atoms with van der Waals surface area (Å²) in [5.74, 6) is 0.504. The molecule has 1 rings (SSSR count). The Morgan fingerprint density at radius 2 is 2.06 bits per heavy atom. The van der Waals surface area contributed by atoms with Crippen molar-refractivity contribution in [2.45, 2.75) is 45.7 Å². The molecule has 4 nitrogen and oxygen atoms in total. The number of rotatable bonds is 4. The molecule has 4 heteroatoms. The van der Waals surface area contributed by atoms with Crippen molar-refractivity contribution in [2.24, 2.45) is 11.7 Å². The van der Waals surface area contributed by atoms with Gasteiger partial charge < -0.3 is 15.5 Å². The maximum absolute atomic E-state index is 11.9. The van der Waals surface area contributed by atoms with Crippen molar-refractivity contribution in [1.29, 1.82) is 0 Å². The average Bonchev–Trinajstić information content (AvgIpc) is 2.40. The average molecular weight is 227 g/mol. The third-order valence-corrected chi connectivity index (χ3v) is 3.27. The van der Waals surface area contributed by atoms with Crippen LogP contribution in [0, 0.1) is 5.92 Å². The van der Waals surface area contributed by atoms with Crippen molar-refractivity contribution in [3.63, 3.8) is 0 Å². The summed E-state index contributed by atoms with van der Waals surface area (Å²) in [6.07, 6.45) is 0.845. The molecule has 1 aliphatic rings. The van der Waals surface area contributed by atoms with Crippen LogP contribution < -0.4 is 5.73 Å². The molecule has 2 N–H and O–H groups in total. The maximum atomic E-state index is 11.9. The summed E-state index contributed by atoms with van der Waals surface area (Å²) in [4.78, 5) is 15.7. The molecule has 0 radical (unpaired) electrons. The normalized spacial score (nSPS) is 22.4. The highest BCUT2D eigenvalue weighted by Gasteiger charge is 2.36. The fourth-order valence-corrected chi connectivity index (χ4v) is 2.06. The van der Waals surface area contributed by atoms with Gasteiger partial charge in [-0.3, -0.25) is 0 Å². The Bertz CT molecular complexity index is 257. The summed E-state index contributed by atoms with van der Waals surface area (Å²) in [5, 5.41) is 0. The largest absolute Gasteiger partial charge is 0.325 e. The van der Waals surface area contributed by atoms with Gasteiger partial charge in [0.05, 0.1) is 6.04 Å². The fraction of sp³-hybridized carbons (Fsp3) is 0.917. The number of carbonyl (C=O) groups excluding carboxylic acids is 1. The minimum absolute atomic E-state index is 0.142. The smallest absolute Gasteiger partial charge is 0.320 e. The lowest BCUT2D eigenvalue weighted by Crippen LogP contribution is -2.38. The van der Waals surface area contributed by atoms with Gasteiger partial charge in [0.2, 0.25) is 0 Å². The lowest BCUT2D eigenvalue weighted by Gasteiger charge is -2.22. The van der Waals surface area contributed by atoms with E-state index in [0.29, 0.717) is 12.0 Å². The van der Waals surface area contributed by atoms with Crippen molar-refractivity contribution in [3.05, 3.63) is 0 Å². The topological polar surface area (TPSA) is 49.6 Å². The van der Waals surface area contributed by atoms with E-state index >= 15 is 0 Å². The monoisotopic (exact) mass is 227 g/mol. The summed E-state index contributed by atoms with van der Waals surface area (Å²) in [6, 6.07) is 0.483. The second kappa shape index (κ2) is 4.62. The Labute approximate surface area is 98.8 Å². The molecule has 1 heterocycles. The van der Waals surface area contributed by atoms with E-state index in [2.05, 4.69) is 13.8 Å². The summed E-state index contributed by atoms with van der Waals surface area (Å²) in [7, 11) is 1.89. The van der Waals surface area contributed by atoms with Crippen LogP contribution in [0.25, 0.3) is 0 Å².